The lowest BCUT2D eigenvalue weighted by Gasteiger charge is -2.12. The lowest BCUT2D eigenvalue weighted by molar-refractivity contribution is 0.527. The lowest BCUT2D eigenvalue weighted by atomic mass is 10.2. The summed E-state index contributed by atoms with van der Waals surface area (Å²) in [5.41, 5.74) is 1.26. The Labute approximate surface area is 77.4 Å². The maximum absolute atomic E-state index is 11.5. The average molecular weight is 178 g/mol. The smallest absolute Gasteiger partial charge is 0.250 e. The highest BCUT2D eigenvalue weighted by atomic mass is 16.1. The molecule has 1 aliphatic rings. The molecular weight excluding hydrogens is 164 g/mol. The molecule has 0 radical (unpaired) electrons. The lowest BCUT2D eigenvalue weighted by Crippen LogP contribution is -2.25. The molecule has 0 aromatic carbocycles. The SMILES string of the molecule is Cc1ccc(=O)n(C2CCNC2)c1. The molecule has 2 heterocycles. The first-order chi connectivity index (χ1) is 6.27. The summed E-state index contributed by atoms with van der Waals surface area (Å²) in [7, 11) is 0. The van der Waals surface area contributed by atoms with Crippen LogP contribution in [0.15, 0.2) is 23.1 Å². The number of rotatable bonds is 1. The Morgan fingerprint density at radius 2 is 2.38 bits per heavy atom. The van der Waals surface area contributed by atoms with Gasteiger partial charge in [-0.3, -0.25) is 4.79 Å². The van der Waals surface area contributed by atoms with Gasteiger partial charge in [0.15, 0.2) is 0 Å². The largest absolute Gasteiger partial charge is 0.315 e. The monoisotopic (exact) mass is 178 g/mol. The molecule has 2 rings (SSSR count). The third-order valence-corrected chi connectivity index (χ3v) is 2.51. The van der Waals surface area contributed by atoms with Gasteiger partial charge < -0.3 is 9.88 Å². The average Bonchev–Trinajstić information content (AvgIpc) is 2.61. The molecule has 1 unspecified atom stereocenters. The Morgan fingerprint density at radius 3 is 3.08 bits per heavy atom. The van der Waals surface area contributed by atoms with Crippen LogP contribution in [0.1, 0.15) is 18.0 Å². The van der Waals surface area contributed by atoms with Gasteiger partial charge >= 0.3 is 0 Å². The molecule has 1 saturated heterocycles. The van der Waals surface area contributed by atoms with Crippen LogP contribution in [0, 0.1) is 6.92 Å². The Balaban J connectivity index is 2.37. The molecule has 3 nitrogen and oxygen atoms in total. The first-order valence-electron chi connectivity index (χ1n) is 4.67. The van der Waals surface area contributed by atoms with Crippen molar-refractivity contribution < 1.29 is 0 Å². The van der Waals surface area contributed by atoms with Gasteiger partial charge in [-0.1, -0.05) is 6.07 Å². The minimum absolute atomic E-state index is 0.110. The minimum Gasteiger partial charge on any atom is -0.315 e. The van der Waals surface area contributed by atoms with Crippen molar-refractivity contribution in [2.75, 3.05) is 13.1 Å². The highest BCUT2D eigenvalue weighted by molar-refractivity contribution is 5.08. The Hall–Kier alpha value is -1.09. The van der Waals surface area contributed by atoms with Crippen LogP contribution in [0.2, 0.25) is 0 Å². The third kappa shape index (κ3) is 1.65. The van der Waals surface area contributed by atoms with Crippen molar-refractivity contribution in [2.24, 2.45) is 0 Å². The summed E-state index contributed by atoms with van der Waals surface area (Å²) in [5, 5.41) is 3.26. The molecule has 1 N–H and O–H groups in total. The molecule has 1 aromatic heterocycles. The zero-order valence-electron chi connectivity index (χ0n) is 7.79. The van der Waals surface area contributed by atoms with Crippen LogP contribution < -0.4 is 10.9 Å². The third-order valence-electron chi connectivity index (χ3n) is 2.51. The molecule has 1 aromatic rings. The van der Waals surface area contributed by atoms with E-state index in [4.69, 9.17) is 0 Å². The quantitative estimate of drug-likeness (QED) is 0.686. The van der Waals surface area contributed by atoms with Crippen molar-refractivity contribution in [1.82, 2.24) is 9.88 Å². The first kappa shape index (κ1) is 8.51. The Bertz CT molecular complexity index is 350. The highest BCUT2D eigenvalue weighted by Crippen LogP contribution is 2.12. The standard InChI is InChI=1S/C10H14N2O/c1-8-2-3-10(13)12(7-8)9-4-5-11-6-9/h2-3,7,9,11H,4-6H2,1H3. The van der Waals surface area contributed by atoms with Crippen LogP contribution >= 0.6 is 0 Å². The molecule has 1 fully saturated rings. The van der Waals surface area contributed by atoms with E-state index in [2.05, 4.69) is 5.32 Å². The van der Waals surface area contributed by atoms with Crippen LogP contribution in [0.4, 0.5) is 0 Å². The maximum atomic E-state index is 11.5. The first-order valence-corrected chi connectivity index (χ1v) is 4.67. The normalized spacial score (nSPS) is 22.1. The number of hydrogen-bond donors (Lipinski definition) is 1. The van der Waals surface area contributed by atoms with Gasteiger partial charge in [-0.05, 0) is 25.5 Å². The molecule has 70 valence electrons. The molecule has 1 aliphatic heterocycles. The summed E-state index contributed by atoms with van der Waals surface area (Å²) >= 11 is 0. The van der Waals surface area contributed by atoms with Crippen molar-refractivity contribution in [2.45, 2.75) is 19.4 Å². The predicted molar refractivity (Wildman–Crippen MR) is 52.0 cm³/mol. The molecule has 3 heteroatoms. The molecule has 1 atom stereocenters. The van der Waals surface area contributed by atoms with Gasteiger partial charge in [0.2, 0.25) is 0 Å². The van der Waals surface area contributed by atoms with Crippen molar-refractivity contribution >= 4 is 0 Å². The molecule has 0 amide bonds. The van der Waals surface area contributed by atoms with Crippen molar-refractivity contribution in [3.63, 3.8) is 0 Å². The summed E-state index contributed by atoms with van der Waals surface area (Å²) in [6, 6.07) is 3.86. The Kier molecular flexibility index (Phi) is 2.19. The van der Waals surface area contributed by atoms with E-state index in [0.29, 0.717) is 6.04 Å². The van der Waals surface area contributed by atoms with Gasteiger partial charge in [0, 0.05) is 18.8 Å². The molecule has 13 heavy (non-hydrogen) atoms. The topological polar surface area (TPSA) is 34.0 Å². The summed E-state index contributed by atoms with van der Waals surface area (Å²) in [6.07, 6.45) is 3.00. The minimum atomic E-state index is 0.110. The van der Waals surface area contributed by atoms with E-state index >= 15 is 0 Å². The number of aryl methyl sites for hydroxylation is 1. The van der Waals surface area contributed by atoms with Crippen molar-refractivity contribution in [1.29, 1.82) is 0 Å². The van der Waals surface area contributed by atoms with E-state index < -0.39 is 0 Å². The van der Waals surface area contributed by atoms with Crippen molar-refractivity contribution in [3.8, 4) is 0 Å². The number of hydrogen-bond acceptors (Lipinski definition) is 2. The van der Waals surface area contributed by atoms with Crippen LogP contribution in [-0.2, 0) is 0 Å². The molecule has 0 aliphatic carbocycles. The van der Waals surface area contributed by atoms with Gasteiger partial charge in [0.1, 0.15) is 0 Å². The fourth-order valence-electron chi connectivity index (χ4n) is 1.78. The maximum Gasteiger partial charge on any atom is 0.250 e. The van der Waals surface area contributed by atoms with Crippen LogP contribution in [-0.4, -0.2) is 17.7 Å². The number of aromatic nitrogens is 1. The van der Waals surface area contributed by atoms with Gasteiger partial charge in [-0.15, -0.1) is 0 Å². The zero-order valence-corrected chi connectivity index (χ0v) is 7.79. The predicted octanol–water partition coefficient (Wildman–Crippen LogP) is 0.691. The van der Waals surface area contributed by atoms with E-state index in [9.17, 15) is 4.79 Å². The van der Waals surface area contributed by atoms with Crippen molar-refractivity contribution in [3.05, 3.63) is 34.2 Å². The van der Waals surface area contributed by atoms with E-state index in [-0.39, 0.29) is 5.56 Å². The van der Waals surface area contributed by atoms with Crippen LogP contribution in [0.3, 0.4) is 0 Å². The number of nitrogens with zero attached hydrogens (tertiary/aromatic N) is 1. The van der Waals surface area contributed by atoms with Crippen LogP contribution in [0.25, 0.3) is 0 Å². The second kappa shape index (κ2) is 3.34. The Morgan fingerprint density at radius 1 is 1.54 bits per heavy atom. The number of nitrogens with one attached hydrogen (secondary N) is 1. The van der Waals surface area contributed by atoms with E-state index in [1.54, 1.807) is 6.07 Å². The summed E-state index contributed by atoms with van der Waals surface area (Å²) in [6.45, 7) is 3.95. The number of pyridine rings is 1. The highest BCUT2D eigenvalue weighted by Gasteiger charge is 2.16. The van der Waals surface area contributed by atoms with Crippen LogP contribution in [0.5, 0.6) is 0 Å². The second-order valence-electron chi connectivity index (χ2n) is 3.60. The zero-order chi connectivity index (χ0) is 9.26. The molecule has 0 saturated carbocycles. The van der Waals surface area contributed by atoms with E-state index in [1.807, 2.05) is 23.8 Å². The van der Waals surface area contributed by atoms with Gasteiger partial charge in [-0.2, -0.15) is 0 Å². The summed E-state index contributed by atoms with van der Waals surface area (Å²) < 4.78 is 1.84. The van der Waals surface area contributed by atoms with Gasteiger partial charge in [-0.25, -0.2) is 0 Å². The molecule has 0 bridgehead atoms. The molecular formula is C10H14N2O. The van der Waals surface area contributed by atoms with Gasteiger partial charge in [0.05, 0.1) is 6.04 Å². The fourth-order valence-corrected chi connectivity index (χ4v) is 1.78. The summed E-state index contributed by atoms with van der Waals surface area (Å²) in [5.74, 6) is 0. The van der Waals surface area contributed by atoms with E-state index in [0.717, 1.165) is 25.1 Å². The fraction of sp³-hybridized carbons (Fsp3) is 0.500. The van der Waals surface area contributed by atoms with E-state index in [1.165, 1.54) is 0 Å². The molecule has 0 spiro atoms. The van der Waals surface area contributed by atoms with Gasteiger partial charge in [0.25, 0.3) is 5.56 Å². The summed E-state index contributed by atoms with van der Waals surface area (Å²) in [4.78, 5) is 11.5. The second-order valence-corrected chi connectivity index (χ2v) is 3.60.